The van der Waals surface area contributed by atoms with Crippen LogP contribution in [0.3, 0.4) is 0 Å². The molecule has 4 N–H and O–H groups in total. The summed E-state index contributed by atoms with van der Waals surface area (Å²) in [5.41, 5.74) is 13.9. The van der Waals surface area contributed by atoms with Crippen molar-refractivity contribution < 1.29 is 4.79 Å². The van der Waals surface area contributed by atoms with Crippen molar-refractivity contribution in [1.82, 2.24) is 0 Å². The molecule has 4 nitrogen and oxygen atoms in total. The molecule has 1 aromatic rings. The van der Waals surface area contributed by atoms with Gasteiger partial charge in [0, 0.05) is 30.9 Å². The summed E-state index contributed by atoms with van der Waals surface area (Å²) in [5.74, 6) is -0.265. The highest BCUT2D eigenvalue weighted by atomic mass is 16.1. The summed E-state index contributed by atoms with van der Waals surface area (Å²) in [6.45, 7) is 5.67. The maximum absolute atomic E-state index is 10.8. The normalized spacial score (nSPS) is 10.2. The minimum atomic E-state index is -0.265. The molecule has 0 aliphatic rings. The third-order valence-corrected chi connectivity index (χ3v) is 2.74. The lowest BCUT2D eigenvalue weighted by Gasteiger charge is -2.24. The highest BCUT2D eigenvalue weighted by molar-refractivity contribution is 5.74. The zero-order valence-electron chi connectivity index (χ0n) is 10.6. The number of aryl methyl sites for hydroxylation is 1. The topological polar surface area (TPSA) is 72.3 Å². The number of nitrogens with two attached hydrogens (primary N) is 2. The molecule has 0 unspecified atom stereocenters. The molecule has 0 aliphatic carbocycles. The van der Waals surface area contributed by atoms with Crippen molar-refractivity contribution in [2.24, 2.45) is 5.73 Å². The molecule has 0 fully saturated rings. The Morgan fingerprint density at radius 1 is 1.35 bits per heavy atom. The number of hydrogen-bond donors (Lipinski definition) is 2. The quantitative estimate of drug-likeness (QED) is 0.737. The maximum atomic E-state index is 10.8. The lowest BCUT2D eigenvalue weighted by atomic mass is 10.1. The summed E-state index contributed by atoms with van der Waals surface area (Å²) < 4.78 is 0. The van der Waals surface area contributed by atoms with E-state index in [-0.39, 0.29) is 5.91 Å². The summed E-state index contributed by atoms with van der Waals surface area (Å²) in [7, 11) is 0. The van der Waals surface area contributed by atoms with Gasteiger partial charge in [-0.25, -0.2) is 0 Å². The van der Waals surface area contributed by atoms with Gasteiger partial charge in [-0.05, 0) is 37.1 Å². The number of rotatable bonds is 6. The smallest absolute Gasteiger partial charge is 0.219 e. The molecule has 1 rings (SSSR count). The summed E-state index contributed by atoms with van der Waals surface area (Å²) in [5, 5.41) is 0. The van der Waals surface area contributed by atoms with E-state index in [1.165, 1.54) is 0 Å². The molecule has 17 heavy (non-hydrogen) atoms. The van der Waals surface area contributed by atoms with Crippen molar-refractivity contribution in [2.75, 3.05) is 23.7 Å². The predicted molar refractivity (Wildman–Crippen MR) is 71.9 cm³/mol. The van der Waals surface area contributed by atoms with E-state index in [0.717, 1.165) is 29.9 Å². The fourth-order valence-corrected chi connectivity index (χ4v) is 1.74. The Hall–Kier alpha value is -1.71. The van der Waals surface area contributed by atoms with Gasteiger partial charge in [0.25, 0.3) is 0 Å². The Bertz CT molecular complexity index is 390. The molecule has 1 aromatic carbocycles. The predicted octanol–water partition coefficient (Wildman–Crippen LogP) is 1.67. The Labute approximate surface area is 103 Å². The second kappa shape index (κ2) is 6.13. The average molecular weight is 235 g/mol. The molecule has 0 aliphatic heterocycles. The molecule has 0 radical (unpaired) electrons. The van der Waals surface area contributed by atoms with Crippen LogP contribution in [0.15, 0.2) is 18.2 Å². The minimum Gasteiger partial charge on any atom is -0.399 e. The van der Waals surface area contributed by atoms with E-state index in [9.17, 15) is 4.79 Å². The van der Waals surface area contributed by atoms with Gasteiger partial charge in [-0.3, -0.25) is 4.79 Å². The largest absolute Gasteiger partial charge is 0.399 e. The molecular formula is C13H21N3O. The highest BCUT2D eigenvalue weighted by Gasteiger charge is 2.08. The van der Waals surface area contributed by atoms with E-state index in [2.05, 4.69) is 11.8 Å². The first kappa shape index (κ1) is 13.4. The van der Waals surface area contributed by atoms with Gasteiger partial charge in [0.1, 0.15) is 0 Å². The van der Waals surface area contributed by atoms with Crippen LogP contribution < -0.4 is 16.4 Å². The van der Waals surface area contributed by atoms with Gasteiger partial charge in [0.15, 0.2) is 0 Å². The van der Waals surface area contributed by atoms with Gasteiger partial charge in [0.05, 0.1) is 0 Å². The van der Waals surface area contributed by atoms with Crippen LogP contribution in [0.25, 0.3) is 0 Å². The first-order chi connectivity index (χ1) is 8.04. The standard InChI is InChI=1S/C13H21N3O/c1-3-7-16(8-6-13(15)17)11-4-5-12(14)10(2)9-11/h4-5,9H,3,6-8,14H2,1-2H3,(H2,15,17). The van der Waals surface area contributed by atoms with Crippen LogP contribution in [0.2, 0.25) is 0 Å². The van der Waals surface area contributed by atoms with Crippen molar-refractivity contribution in [2.45, 2.75) is 26.7 Å². The zero-order valence-corrected chi connectivity index (χ0v) is 10.6. The lowest BCUT2D eigenvalue weighted by molar-refractivity contribution is -0.117. The van der Waals surface area contributed by atoms with Crippen LogP contribution in [-0.2, 0) is 4.79 Å². The van der Waals surface area contributed by atoms with E-state index in [1.807, 2.05) is 25.1 Å². The molecule has 0 bridgehead atoms. The first-order valence-corrected chi connectivity index (χ1v) is 5.94. The molecule has 0 aromatic heterocycles. The maximum Gasteiger partial charge on any atom is 0.219 e. The summed E-state index contributed by atoms with van der Waals surface area (Å²) in [6, 6.07) is 5.93. The number of nitrogen functional groups attached to an aromatic ring is 1. The van der Waals surface area contributed by atoms with Crippen LogP contribution in [0.5, 0.6) is 0 Å². The molecular weight excluding hydrogens is 214 g/mol. The van der Waals surface area contributed by atoms with E-state index in [4.69, 9.17) is 11.5 Å². The summed E-state index contributed by atoms with van der Waals surface area (Å²) >= 11 is 0. The number of benzene rings is 1. The summed E-state index contributed by atoms with van der Waals surface area (Å²) in [4.78, 5) is 13.0. The molecule has 0 heterocycles. The first-order valence-electron chi connectivity index (χ1n) is 5.94. The number of amides is 1. The number of carbonyl (C=O) groups is 1. The fourth-order valence-electron chi connectivity index (χ4n) is 1.74. The number of primary amides is 1. The molecule has 0 saturated heterocycles. The molecule has 0 saturated carbocycles. The summed E-state index contributed by atoms with van der Waals surface area (Å²) in [6.07, 6.45) is 1.41. The van der Waals surface area contributed by atoms with Gasteiger partial charge in [-0.1, -0.05) is 6.92 Å². The minimum absolute atomic E-state index is 0.265. The van der Waals surface area contributed by atoms with Crippen LogP contribution in [0.4, 0.5) is 11.4 Å². The van der Waals surface area contributed by atoms with Crippen LogP contribution >= 0.6 is 0 Å². The molecule has 94 valence electrons. The lowest BCUT2D eigenvalue weighted by Crippen LogP contribution is -2.28. The number of anilines is 2. The second-order valence-corrected chi connectivity index (χ2v) is 4.24. The number of nitrogens with zero attached hydrogens (tertiary/aromatic N) is 1. The monoisotopic (exact) mass is 235 g/mol. The SMILES string of the molecule is CCCN(CCC(N)=O)c1ccc(N)c(C)c1. The van der Waals surface area contributed by atoms with Crippen LogP contribution in [0.1, 0.15) is 25.3 Å². The highest BCUT2D eigenvalue weighted by Crippen LogP contribution is 2.21. The average Bonchev–Trinajstić information content (AvgIpc) is 2.28. The van der Waals surface area contributed by atoms with E-state index >= 15 is 0 Å². The van der Waals surface area contributed by atoms with Crippen molar-refractivity contribution in [3.8, 4) is 0 Å². The molecule has 1 amide bonds. The Morgan fingerprint density at radius 3 is 2.59 bits per heavy atom. The third-order valence-electron chi connectivity index (χ3n) is 2.74. The second-order valence-electron chi connectivity index (χ2n) is 4.24. The fraction of sp³-hybridized carbons (Fsp3) is 0.462. The molecule has 0 spiro atoms. The van der Waals surface area contributed by atoms with E-state index < -0.39 is 0 Å². The Morgan fingerprint density at radius 2 is 2.06 bits per heavy atom. The van der Waals surface area contributed by atoms with Crippen molar-refractivity contribution >= 4 is 17.3 Å². The van der Waals surface area contributed by atoms with E-state index in [1.54, 1.807) is 0 Å². The van der Waals surface area contributed by atoms with Crippen molar-refractivity contribution in [3.05, 3.63) is 23.8 Å². The Kier molecular flexibility index (Phi) is 4.82. The van der Waals surface area contributed by atoms with Gasteiger partial charge in [-0.15, -0.1) is 0 Å². The number of carbonyl (C=O) groups excluding carboxylic acids is 1. The Balaban J connectivity index is 2.81. The van der Waals surface area contributed by atoms with Crippen LogP contribution in [0, 0.1) is 6.92 Å². The van der Waals surface area contributed by atoms with Gasteiger partial charge < -0.3 is 16.4 Å². The van der Waals surface area contributed by atoms with Crippen molar-refractivity contribution in [1.29, 1.82) is 0 Å². The van der Waals surface area contributed by atoms with E-state index in [0.29, 0.717) is 13.0 Å². The molecule has 4 heteroatoms. The van der Waals surface area contributed by atoms with Gasteiger partial charge >= 0.3 is 0 Å². The third kappa shape index (κ3) is 3.98. The van der Waals surface area contributed by atoms with Gasteiger partial charge in [-0.2, -0.15) is 0 Å². The molecule has 0 atom stereocenters. The van der Waals surface area contributed by atoms with Crippen molar-refractivity contribution in [3.63, 3.8) is 0 Å². The van der Waals surface area contributed by atoms with Gasteiger partial charge in [0.2, 0.25) is 5.91 Å². The zero-order chi connectivity index (χ0) is 12.8. The number of hydrogen-bond acceptors (Lipinski definition) is 3. The van der Waals surface area contributed by atoms with Crippen LogP contribution in [-0.4, -0.2) is 19.0 Å².